The Morgan fingerprint density at radius 2 is 1.94 bits per heavy atom. The molecule has 4 heteroatoms. The van der Waals surface area contributed by atoms with Crippen molar-refractivity contribution in [2.75, 3.05) is 12.0 Å². The second-order valence-electron chi connectivity index (χ2n) is 6.01. The zero-order valence-electron chi connectivity index (χ0n) is 11.4. The summed E-state index contributed by atoms with van der Waals surface area (Å²) >= 11 is 0. The van der Waals surface area contributed by atoms with Gasteiger partial charge < -0.3 is 5.73 Å². The third kappa shape index (κ3) is 5.38. The highest BCUT2D eigenvalue weighted by atomic mass is 32.2. The van der Waals surface area contributed by atoms with E-state index in [1.807, 2.05) is 0 Å². The van der Waals surface area contributed by atoms with Crippen LogP contribution in [-0.2, 0) is 9.84 Å². The third-order valence-corrected chi connectivity index (χ3v) is 5.14. The zero-order chi connectivity index (χ0) is 13.1. The molecule has 2 N–H and O–H groups in total. The minimum absolute atomic E-state index is 0.282. The molecule has 1 rings (SSSR count). The number of hydrogen-bond donors (Lipinski definition) is 1. The Bertz CT molecular complexity index is 324. The predicted molar refractivity (Wildman–Crippen MR) is 72.6 cm³/mol. The van der Waals surface area contributed by atoms with Crippen LogP contribution in [0.4, 0.5) is 0 Å². The summed E-state index contributed by atoms with van der Waals surface area (Å²) in [7, 11) is -2.81. The molecule has 0 saturated heterocycles. The van der Waals surface area contributed by atoms with Gasteiger partial charge in [-0.05, 0) is 49.9 Å². The van der Waals surface area contributed by atoms with Crippen LogP contribution < -0.4 is 5.73 Å². The van der Waals surface area contributed by atoms with Crippen molar-refractivity contribution in [3.8, 4) is 0 Å². The van der Waals surface area contributed by atoms with Gasteiger partial charge in [0.25, 0.3) is 0 Å². The summed E-state index contributed by atoms with van der Waals surface area (Å²) in [6, 6.07) is 0.282. The highest BCUT2D eigenvalue weighted by molar-refractivity contribution is 7.90. The molecular weight excluding hydrogens is 234 g/mol. The average Bonchev–Trinajstić information content (AvgIpc) is 2.18. The van der Waals surface area contributed by atoms with E-state index in [-0.39, 0.29) is 6.04 Å². The molecule has 0 heterocycles. The lowest BCUT2D eigenvalue weighted by Crippen LogP contribution is -2.37. The van der Waals surface area contributed by atoms with Gasteiger partial charge >= 0.3 is 0 Å². The SMILES string of the molecule is CC(C)C1CCC(N)C(CCCS(C)(=O)=O)C1. The van der Waals surface area contributed by atoms with Gasteiger partial charge in [-0.15, -0.1) is 0 Å². The van der Waals surface area contributed by atoms with E-state index in [4.69, 9.17) is 5.73 Å². The van der Waals surface area contributed by atoms with Crippen LogP contribution in [0.15, 0.2) is 0 Å². The van der Waals surface area contributed by atoms with E-state index in [1.165, 1.54) is 19.1 Å². The third-order valence-electron chi connectivity index (χ3n) is 4.11. The fraction of sp³-hybridized carbons (Fsp3) is 1.00. The Hall–Kier alpha value is -0.0900. The molecule has 0 radical (unpaired) electrons. The maximum Gasteiger partial charge on any atom is 0.147 e. The van der Waals surface area contributed by atoms with Gasteiger partial charge in [0.2, 0.25) is 0 Å². The van der Waals surface area contributed by atoms with E-state index in [0.717, 1.165) is 31.1 Å². The van der Waals surface area contributed by atoms with Crippen LogP contribution in [0.25, 0.3) is 0 Å². The van der Waals surface area contributed by atoms with Crippen LogP contribution in [0.1, 0.15) is 46.0 Å². The van der Waals surface area contributed by atoms with Crippen LogP contribution in [0.5, 0.6) is 0 Å². The fourth-order valence-corrected chi connectivity index (χ4v) is 3.56. The van der Waals surface area contributed by atoms with E-state index < -0.39 is 9.84 Å². The molecule has 1 aliphatic carbocycles. The van der Waals surface area contributed by atoms with Gasteiger partial charge in [0, 0.05) is 18.1 Å². The van der Waals surface area contributed by atoms with Crippen LogP contribution in [0.2, 0.25) is 0 Å². The van der Waals surface area contributed by atoms with Crippen molar-refractivity contribution in [2.45, 2.75) is 52.0 Å². The molecule has 3 atom stereocenters. The van der Waals surface area contributed by atoms with Crippen molar-refractivity contribution in [3.05, 3.63) is 0 Å². The second-order valence-corrected chi connectivity index (χ2v) is 8.27. The first-order chi connectivity index (χ1) is 7.79. The second kappa shape index (κ2) is 6.19. The Kier molecular flexibility index (Phi) is 5.45. The summed E-state index contributed by atoms with van der Waals surface area (Å²) in [5.41, 5.74) is 6.14. The molecule has 1 fully saturated rings. The standard InChI is InChI=1S/C13H27NO2S/c1-10(2)11-6-7-13(14)12(9-11)5-4-8-17(3,15)16/h10-13H,4-9,14H2,1-3H3. The van der Waals surface area contributed by atoms with Crippen molar-refractivity contribution in [1.29, 1.82) is 0 Å². The van der Waals surface area contributed by atoms with Gasteiger partial charge in [0.05, 0.1) is 0 Å². The van der Waals surface area contributed by atoms with Crippen molar-refractivity contribution >= 4 is 9.84 Å². The lowest BCUT2D eigenvalue weighted by molar-refractivity contribution is 0.182. The number of rotatable bonds is 5. The smallest absolute Gasteiger partial charge is 0.147 e. The summed E-state index contributed by atoms with van der Waals surface area (Å²) in [4.78, 5) is 0. The molecule has 3 unspecified atom stereocenters. The van der Waals surface area contributed by atoms with Crippen LogP contribution in [0, 0.1) is 17.8 Å². The van der Waals surface area contributed by atoms with Gasteiger partial charge in [0.15, 0.2) is 0 Å². The van der Waals surface area contributed by atoms with Gasteiger partial charge in [-0.3, -0.25) is 0 Å². The molecule has 1 saturated carbocycles. The monoisotopic (exact) mass is 261 g/mol. The molecule has 102 valence electrons. The first kappa shape index (κ1) is 15.0. The fourth-order valence-electron chi connectivity index (χ4n) is 2.87. The van der Waals surface area contributed by atoms with Gasteiger partial charge in [0.1, 0.15) is 9.84 Å². The summed E-state index contributed by atoms with van der Waals surface area (Å²) in [5.74, 6) is 2.33. The summed E-state index contributed by atoms with van der Waals surface area (Å²) in [5, 5.41) is 0. The Morgan fingerprint density at radius 3 is 2.47 bits per heavy atom. The normalized spacial score (nSPS) is 30.8. The molecule has 1 aliphatic rings. The molecule has 0 spiro atoms. The highest BCUT2D eigenvalue weighted by Crippen LogP contribution is 2.35. The van der Waals surface area contributed by atoms with E-state index in [2.05, 4.69) is 13.8 Å². The minimum atomic E-state index is -2.81. The van der Waals surface area contributed by atoms with Crippen LogP contribution in [0.3, 0.4) is 0 Å². The van der Waals surface area contributed by atoms with Crippen molar-refractivity contribution < 1.29 is 8.42 Å². The van der Waals surface area contributed by atoms with E-state index in [1.54, 1.807) is 0 Å². The lowest BCUT2D eigenvalue weighted by atomic mass is 9.72. The van der Waals surface area contributed by atoms with Crippen molar-refractivity contribution in [1.82, 2.24) is 0 Å². The molecule has 0 aromatic heterocycles. The Balaban J connectivity index is 2.40. The molecule has 0 aromatic carbocycles. The van der Waals surface area contributed by atoms with Crippen molar-refractivity contribution in [3.63, 3.8) is 0 Å². The molecule has 17 heavy (non-hydrogen) atoms. The van der Waals surface area contributed by atoms with E-state index >= 15 is 0 Å². The Labute approximate surface area is 106 Å². The van der Waals surface area contributed by atoms with Gasteiger partial charge in [-0.2, -0.15) is 0 Å². The first-order valence-electron chi connectivity index (χ1n) is 6.73. The Morgan fingerprint density at radius 1 is 1.29 bits per heavy atom. The number of hydrogen-bond acceptors (Lipinski definition) is 3. The van der Waals surface area contributed by atoms with E-state index in [9.17, 15) is 8.42 Å². The zero-order valence-corrected chi connectivity index (χ0v) is 12.2. The molecule has 0 amide bonds. The average molecular weight is 261 g/mol. The molecule has 0 aromatic rings. The predicted octanol–water partition coefficient (Wildman–Crippen LogP) is 2.21. The van der Waals surface area contributed by atoms with Crippen LogP contribution in [-0.4, -0.2) is 26.5 Å². The minimum Gasteiger partial charge on any atom is -0.327 e. The quantitative estimate of drug-likeness (QED) is 0.825. The molecule has 0 bridgehead atoms. The van der Waals surface area contributed by atoms with Gasteiger partial charge in [-0.1, -0.05) is 13.8 Å². The highest BCUT2D eigenvalue weighted by Gasteiger charge is 2.29. The van der Waals surface area contributed by atoms with Crippen molar-refractivity contribution in [2.24, 2.45) is 23.5 Å². The van der Waals surface area contributed by atoms with Crippen LogP contribution >= 0.6 is 0 Å². The first-order valence-corrected chi connectivity index (χ1v) is 8.79. The lowest BCUT2D eigenvalue weighted by Gasteiger charge is -2.36. The maximum atomic E-state index is 11.1. The number of nitrogens with two attached hydrogens (primary N) is 1. The largest absolute Gasteiger partial charge is 0.327 e. The number of sulfone groups is 1. The summed E-state index contributed by atoms with van der Waals surface area (Å²) in [6.45, 7) is 4.55. The molecule has 3 nitrogen and oxygen atoms in total. The summed E-state index contributed by atoms with van der Waals surface area (Å²) in [6.07, 6.45) is 6.57. The molecule has 0 aliphatic heterocycles. The maximum absolute atomic E-state index is 11.1. The summed E-state index contributed by atoms with van der Waals surface area (Å²) < 4.78 is 22.2. The van der Waals surface area contributed by atoms with Gasteiger partial charge in [-0.25, -0.2) is 8.42 Å². The topological polar surface area (TPSA) is 60.2 Å². The van der Waals surface area contributed by atoms with E-state index in [0.29, 0.717) is 11.7 Å². The molecular formula is C13H27NO2S.